The highest BCUT2D eigenvalue weighted by molar-refractivity contribution is 6.29. The van der Waals surface area contributed by atoms with Crippen LogP contribution in [-0.2, 0) is 6.42 Å². The lowest BCUT2D eigenvalue weighted by Crippen LogP contribution is -2.18. The van der Waals surface area contributed by atoms with Crippen molar-refractivity contribution in [2.24, 2.45) is 0 Å². The van der Waals surface area contributed by atoms with Crippen LogP contribution >= 0.6 is 11.6 Å². The van der Waals surface area contributed by atoms with E-state index in [0.717, 1.165) is 30.2 Å². The maximum Gasteiger partial charge on any atom is 0.138 e. The highest BCUT2D eigenvalue weighted by atomic mass is 35.5. The van der Waals surface area contributed by atoms with Crippen LogP contribution in [0, 0.1) is 5.82 Å². The minimum atomic E-state index is -0.253. The molecule has 0 aliphatic rings. The standard InChI is InChI=1S/C15H17ClFN3/c1-3-5-14-18-13(16)10-15(19-14)20(4-2)12-8-6-11(17)7-9-12/h6-10H,3-5H2,1-2H3. The van der Waals surface area contributed by atoms with E-state index in [0.29, 0.717) is 11.7 Å². The third kappa shape index (κ3) is 3.45. The molecule has 3 nitrogen and oxygen atoms in total. The number of nitrogens with zero attached hydrogens (tertiary/aromatic N) is 3. The summed E-state index contributed by atoms with van der Waals surface area (Å²) in [4.78, 5) is 10.7. The molecule has 0 bridgehead atoms. The van der Waals surface area contributed by atoms with Gasteiger partial charge in [0.1, 0.15) is 22.6 Å². The van der Waals surface area contributed by atoms with Gasteiger partial charge >= 0.3 is 0 Å². The van der Waals surface area contributed by atoms with Crippen LogP contribution in [0.3, 0.4) is 0 Å². The van der Waals surface area contributed by atoms with Gasteiger partial charge in [0.2, 0.25) is 0 Å². The molecule has 0 N–H and O–H groups in total. The lowest BCUT2D eigenvalue weighted by atomic mass is 10.2. The van der Waals surface area contributed by atoms with Crippen LogP contribution in [0.1, 0.15) is 26.1 Å². The first-order valence-electron chi connectivity index (χ1n) is 6.70. The highest BCUT2D eigenvalue weighted by Gasteiger charge is 2.11. The van der Waals surface area contributed by atoms with Crippen LogP contribution in [0.5, 0.6) is 0 Å². The first kappa shape index (κ1) is 14.7. The maximum absolute atomic E-state index is 13.0. The average molecular weight is 294 g/mol. The number of halogens is 2. The van der Waals surface area contributed by atoms with Crippen molar-refractivity contribution < 1.29 is 4.39 Å². The Hall–Kier alpha value is -1.68. The van der Waals surface area contributed by atoms with Gasteiger partial charge in [0.25, 0.3) is 0 Å². The van der Waals surface area contributed by atoms with E-state index < -0.39 is 0 Å². The molecule has 0 amide bonds. The van der Waals surface area contributed by atoms with Gasteiger partial charge in [-0.2, -0.15) is 0 Å². The van der Waals surface area contributed by atoms with Gasteiger partial charge in [-0.25, -0.2) is 14.4 Å². The molecule has 0 atom stereocenters. The Balaban J connectivity index is 2.38. The van der Waals surface area contributed by atoms with Crippen LogP contribution in [0.15, 0.2) is 30.3 Å². The van der Waals surface area contributed by atoms with E-state index in [2.05, 4.69) is 16.9 Å². The van der Waals surface area contributed by atoms with Crippen molar-refractivity contribution in [1.82, 2.24) is 9.97 Å². The van der Waals surface area contributed by atoms with E-state index >= 15 is 0 Å². The number of aromatic nitrogens is 2. The summed E-state index contributed by atoms with van der Waals surface area (Å²) in [6.07, 6.45) is 1.75. The monoisotopic (exact) mass is 293 g/mol. The van der Waals surface area contributed by atoms with E-state index in [-0.39, 0.29) is 5.82 Å². The quantitative estimate of drug-likeness (QED) is 0.766. The molecule has 1 heterocycles. The normalized spacial score (nSPS) is 10.6. The Morgan fingerprint density at radius 2 is 1.85 bits per heavy atom. The third-order valence-electron chi connectivity index (χ3n) is 2.93. The summed E-state index contributed by atoms with van der Waals surface area (Å²) < 4.78 is 13.0. The Morgan fingerprint density at radius 3 is 2.45 bits per heavy atom. The first-order chi connectivity index (χ1) is 9.63. The fourth-order valence-corrected chi connectivity index (χ4v) is 2.22. The summed E-state index contributed by atoms with van der Waals surface area (Å²) in [5.41, 5.74) is 0.881. The SMILES string of the molecule is CCCc1nc(Cl)cc(N(CC)c2ccc(F)cc2)n1. The van der Waals surface area contributed by atoms with E-state index in [9.17, 15) is 4.39 Å². The summed E-state index contributed by atoms with van der Waals surface area (Å²) in [5.74, 6) is 1.22. The van der Waals surface area contributed by atoms with Crippen LogP contribution in [0.4, 0.5) is 15.9 Å². The molecule has 106 valence electrons. The fourth-order valence-electron chi connectivity index (χ4n) is 2.02. The second-order valence-electron chi connectivity index (χ2n) is 4.44. The van der Waals surface area contributed by atoms with Crippen molar-refractivity contribution in [3.05, 3.63) is 47.1 Å². The van der Waals surface area contributed by atoms with Crippen LogP contribution in [0.2, 0.25) is 5.15 Å². The summed E-state index contributed by atoms with van der Waals surface area (Å²) >= 11 is 6.06. The van der Waals surface area contributed by atoms with E-state index in [1.807, 2.05) is 11.8 Å². The second-order valence-corrected chi connectivity index (χ2v) is 4.82. The van der Waals surface area contributed by atoms with Gasteiger partial charge in [-0.1, -0.05) is 18.5 Å². The minimum Gasteiger partial charge on any atom is -0.327 e. The molecule has 0 saturated heterocycles. The molecule has 20 heavy (non-hydrogen) atoms. The zero-order valence-electron chi connectivity index (χ0n) is 11.6. The Kier molecular flexibility index (Phi) is 4.90. The second kappa shape index (κ2) is 6.66. The molecule has 1 aromatic carbocycles. The predicted octanol–water partition coefficient (Wildman–Crippen LogP) is 4.38. The molecule has 1 aromatic heterocycles. The Labute approximate surface area is 123 Å². The van der Waals surface area contributed by atoms with Crippen molar-refractivity contribution in [3.63, 3.8) is 0 Å². The Bertz CT molecular complexity index is 572. The van der Waals surface area contributed by atoms with E-state index in [4.69, 9.17) is 11.6 Å². The van der Waals surface area contributed by atoms with Gasteiger partial charge in [0, 0.05) is 24.7 Å². The van der Waals surface area contributed by atoms with Crippen molar-refractivity contribution >= 4 is 23.1 Å². The summed E-state index contributed by atoms with van der Waals surface area (Å²) in [7, 11) is 0. The zero-order chi connectivity index (χ0) is 14.5. The zero-order valence-corrected chi connectivity index (χ0v) is 12.4. The smallest absolute Gasteiger partial charge is 0.138 e. The summed E-state index contributed by atoms with van der Waals surface area (Å²) in [6.45, 7) is 4.80. The van der Waals surface area contributed by atoms with Crippen molar-refractivity contribution in [1.29, 1.82) is 0 Å². The molecular weight excluding hydrogens is 277 g/mol. The van der Waals surface area contributed by atoms with E-state index in [1.165, 1.54) is 12.1 Å². The number of aryl methyl sites for hydroxylation is 1. The minimum absolute atomic E-state index is 0.253. The maximum atomic E-state index is 13.0. The third-order valence-corrected chi connectivity index (χ3v) is 3.13. The molecule has 0 radical (unpaired) electrons. The summed E-state index contributed by atoms with van der Waals surface area (Å²) in [5, 5.41) is 0.430. The molecule has 0 saturated carbocycles. The molecule has 0 aliphatic carbocycles. The van der Waals surface area contributed by atoms with Gasteiger partial charge in [-0.3, -0.25) is 0 Å². The number of rotatable bonds is 5. The number of hydrogen-bond acceptors (Lipinski definition) is 3. The fraction of sp³-hybridized carbons (Fsp3) is 0.333. The van der Waals surface area contributed by atoms with Crippen LogP contribution in [-0.4, -0.2) is 16.5 Å². The number of benzene rings is 1. The van der Waals surface area contributed by atoms with Gasteiger partial charge < -0.3 is 4.90 Å². The van der Waals surface area contributed by atoms with Crippen molar-refractivity contribution in [3.8, 4) is 0 Å². The first-order valence-corrected chi connectivity index (χ1v) is 7.08. The van der Waals surface area contributed by atoms with Gasteiger partial charge in [0.15, 0.2) is 0 Å². The number of hydrogen-bond donors (Lipinski definition) is 0. The largest absolute Gasteiger partial charge is 0.327 e. The Morgan fingerprint density at radius 1 is 1.15 bits per heavy atom. The molecule has 0 fully saturated rings. The highest BCUT2D eigenvalue weighted by Crippen LogP contribution is 2.25. The van der Waals surface area contributed by atoms with Crippen molar-refractivity contribution in [2.45, 2.75) is 26.7 Å². The molecule has 0 aliphatic heterocycles. The van der Waals surface area contributed by atoms with Gasteiger partial charge in [-0.05, 0) is 37.6 Å². The molecular formula is C15H17ClFN3. The summed E-state index contributed by atoms with van der Waals surface area (Å²) in [6, 6.07) is 8.07. The van der Waals surface area contributed by atoms with Crippen molar-refractivity contribution in [2.75, 3.05) is 11.4 Å². The van der Waals surface area contributed by atoms with Gasteiger partial charge in [0.05, 0.1) is 0 Å². The number of anilines is 2. The molecule has 2 rings (SSSR count). The van der Waals surface area contributed by atoms with E-state index in [1.54, 1.807) is 18.2 Å². The molecule has 2 aromatic rings. The van der Waals surface area contributed by atoms with Crippen LogP contribution < -0.4 is 4.90 Å². The lowest BCUT2D eigenvalue weighted by molar-refractivity contribution is 0.627. The van der Waals surface area contributed by atoms with Crippen LogP contribution in [0.25, 0.3) is 0 Å². The topological polar surface area (TPSA) is 29.0 Å². The molecule has 0 unspecified atom stereocenters. The lowest BCUT2D eigenvalue weighted by Gasteiger charge is -2.22. The average Bonchev–Trinajstić information content (AvgIpc) is 2.41. The van der Waals surface area contributed by atoms with Gasteiger partial charge in [-0.15, -0.1) is 0 Å². The molecule has 5 heteroatoms. The molecule has 0 spiro atoms. The predicted molar refractivity (Wildman–Crippen MR) is 80.1 cm³/mol.